The van der Waals surface area contributed by atoms with E-state index in [4.69, 9.17) is 18.9 Å². The van der Waals surface area contributed by atoms with Gasteiger partial charge >= 0.3 is 10.0 Å². The molecule has 0 bridgehead atoms. The van der Waals surface area contributed by atoms with Gasteiger partial charge in [-0.2, -0.15) is 0 Å². The molecule has 13 heavy (non-hydrogen) atoms. The lowest BCUT2D eigenvalue weighted by Crippen LogP contribution is -2.07. The maximum Gasteiger partial charge on any atom is 0.382 e. The van der Waals surface area contributed by atoms with Crippen LogP contribution in [0.2, 0.25) is 0 Å². The maximum atomic E-state index is 4.84. The summed E-state index contributed by atoms with van der Waals surface area (Å²) in [6.07, 6.45) is 4.26. The fourth-order valence-corrected chi connectivity index (χ4v) is 1.02. The first kappa shape index (κ1) is 13.1. The molecule has 80 valence electrons. The zero-order valence-electron chi connectivity index (χ0n) is 8.58. The molecular weight excluding hydrogens is 188 g/mol. The first-order valence-corrected chi connectivity index (χ1v) is 6.06. The second-order valence-electron chi connectivity index (χ2n) is 2.70. The normalized spacial score (nSPS) is 10.6. The lowest BCUT2D eigenvalue weighted by molar-refractivity contribution is -0.273. The molecule has 0 atom stereocenters. The lowest BCUT2D eigenvalue weighted by Gasteiger charge is -2.03. The first-order chi connectivity index (χ1) is 6.41. The van der Waals surface area contributed by atoms with Gasteiger partial charge in [0.25, 0.3) is 0 Å². The molecule has 0 rings (SSSR count). The van der Waals surface area contributed by atoms with E-state index in [9.17, 15) is 0 Å². The van der Waals surface area contributed by atoms with Gasteiger partial charge in [-0.05, 0) is 12.8 Å². The van der Waals surface area contributed by atoms with Crippen LogP contribution in [0.3, 0.4) is 0 Å². The van der Waals surface area contributed by atoms with Crippen molar-refractivity contribution in [1.29, 1.82) is 0 Å². The van der Waals surface area contributed by atoms with Crippen LogP contribution in [0.5, 0.6) is 0 Å². The van der Waals surface area contributed by atoms with E-state index in [0.29, 0.717) is 13.2 Å². The Bertz CT molecular complexity index is 82.2. The quantitative estimate of drug-likeness (QED) is 0.236. The fourth-order valence-electron chi connectivity index (χ4n) is 0.612. The van der Waals surface area contributed by atoms with E-state index in [1.54, 1.807) is 0 Å². The predicted octanol–water partition coefficient (Wildman–Crippen LogP) is 1.48. The van der Waals surface area contributed by atoms with Gasteiger partial charge in [0.05, 0.1) is 13.2 Å². The van der Waals surface area contributed by atoms with Crippen molar-refractivity contribution in [2.24, 2.45) is 0 Å². The van der Waals surface area contributed by atoms with Gasteiger partial charge in [-0.25, -0.2) is 9.78 Å². The molecule has 0 aromatic rings. The van der Waals surface area contributed by atoms with Crippen LogP contribution in [0, 0.1) is 0 Å². The van der Waals surface area contributed by atoms with Crippen molar-refractivity contribution in [1.82, 2.24) is 0 Å². The molecule has 0 fully saturated rings. The zero-order valence-corrected chi connectivity index (χ0v) is 10.00. The Hall–Kier alpha value is 0.0569. The second kappa shape index (κ2) is 12.1. The van der Waals surface area contributed by atoms with Gasteiger partial charge in [0.15, 0.2) is 0 Å². The minimum Gasteiger partial charge on any atom is -0.256 e. The minimum absolute atomic E-state index is 0.641. The van der Waals surface area contributed by atoms with Crippen LogP contribution < -0.4 is 0 Å². The Labute approximate surface area is 82.4 Å². The Balaban J connectivity index is 2.76. The average molecular weight is 208 g/mol. The molecule has 0 spiro atoms. The van der Waals surface area contributed by atoms with Gasteiger partial charge in [-0.3, -0.25) is 9.15 Å². The standard InChI is InChI=1S/C8H20O4Si/c1-3-5-7-9-11-13-12-10-8-6-4-2/h3-8,13H2,1-2H3. The summed E-state index contributed by atoms with van der Waals surface area (Å²) in [6, 6.07) is 0. The summed E-state index contributed by atoms with van der Waals surface area (Å²) in [5.41, 5.74) is 0. The first-order valence-electron chi connectivity index (χ1n) is 4.90. The molecule has 0 aliphatic heterocycles. The summed E-state index contributed by atoms with van der Waals surface area (Å²) in [5.74, 6) is 0. The molecule has 4 nitrogen and oxygen atoms in total. The van der Waals surface area contributed by atoms with Crippen molar-refractivity contribution in [3.63, 3.8) is 0 Å². The molecule has 0 aromatic carbocycles. The van der Waals surface area contributed by atoms with Crippen molar-refractivity contribution in [3.05, 3.63) is 0 Å². The third-order valence-electron chi connectivity index (χ3n) is 1.43. The minimum atomic E-state index is -1.09. The van der Waals surface area contributed by atoms with E-state index in [1.807, 2.05) is 0 Å². The van der Waals surface area contributed by atoms with E-state index in [-0.39, 0.29) is 0 Å². The van der Waals surface area contributed by atoms with Gasteiger partial charge in [-0.15, -0.1) is 0 Å². The monoisotopic (exact) mass is 208 g/mol. The Morgan fingerprint density at radius 1 is 0.846 bits per heavy atom. The Morgan fingerprint density at radius 2 is 1.31 bits per heavy atom. The van der Waals surface area contributed by atoms with Gasteiger partial charge in [-0.1, -0.05) is 26.7 Å². The summed E-state index contributed by atoms with van der Waals surface area (Å²) in [6.45, 7) is 5.49. The van der Waals surface area contributed by atoms with Crippen LogP contribution in [0.15, 0.2) is 0 Å². The molecule has 0 aliphatic rings. The molecule has 0 heterocycles. The second-order valence-corrected chi connectivity index (χ2v) is 3.41. The third kappa shape index (κ3) is 12.1. The summed E-state index contributed by atoms with van der Waals surface area (Å²) in [4.78, 5) is 9.67. The number of hydrogen-bond donors (Lipinski definition) is 0. The molecule has 0 unspecified atom stereocenters. The van der Waals surface area contributed by atoms with E-state index in [1.165, 1.54) is 0 Å². The van der Waals surface area contributed by atoms with E-state index < -0.39 is 10.0 Å². The van der Waals surface area contributed by atoms with Gasteiger partial charge in [0.1, 0.15) is 0 Å². The summed E-state index contributed by atoms with van der Waals surface area (Å²) >= 11 is 0. The highest BCUT2D eigenvalue weighted by Crippen LogP contribution is 1.90. The smallest absolute Gasteiger partial charge is 0.256 e. The molecule has 0 aliphatic carbocycles. The molecule has 0 N–H and O–H groups in total. The highest BCUT2D eigenvalue weighted by atomic mass is 28.3. The van der Waals surface area contributed by atoms with Crippen LogP contribution in [0.25, 0.3) is 0 Å². The molecule has 0 aromatic heterocycles. The molecule has 0 amide bonds. The van der Waals surface area contributed by atoms with E-state index in [0.717, 1.165) is 25.7 Å². The van der Waals surface area contributed by atoms with Crippen LogP contribution in [0.1, 0.15) is 39.5 Å². The highest BCUT2D eigenvalue weighted by molar-refractivity contribution is 6.17. The number of hydrogen-bond acceptors (Lipinski definition) is 4. The van der Waals surface area contributed by atoms with Crippen LogP contribution >= 0.6 is 0 Å². The maximum absolute atomic E-state index is 4.84. The van der Waals surface area contributed by atoms with E-state index >= 15 is 0 Å². The fraction of sp³-hybridized carbons (Fsp3) is 1.00. The Morgan fingerprint density at radius 3 is 1.69 bits per heavy atom. The highest BCUT2D eigenvalue weighted by Gasteiger charge is 1.91. The lowest BCUT2D eigenvalue weighted by atomic mass is 10.4. The number of unbranched alkanes of at least 4 members (excludes halogenated alkanes) is 2. The summed E-state index contributed by atoms with van der Waals surface area (Å²) < 4.78 is 9.62. The van der Waals surface area contributed by atoms with Crippen molar-refractivity contribution in [3.8, 4) is 0 Å². The van der Waals surface area contributed by atoms with Crippen molar-refractivity contribution in [2.45, 2.75) is 39.5 Å². The average Bonchev–Trinajstić information content (AvgIpc) is 2.16. The van der Waals surface area contributed by atoms with Gasteiger partial charge in [0, 0.05) is 0 Å². The largest absolute Gasteiger partial charge is 0.382 e. The number of rotatable bonds is 10. The summed E-state index contributed by atoms with van der Waals surface area (Å²) in [5, 5.41) is 0. The molecule has 0 radical (unpaired) electrons. The van der Waals surface area contributed by atoms with Crippen molar-refractivity contribution in [2.75, 3.05) is 13.2 Å². The zero-order chi connectivity index (χ0) is 9.78. The molecule has 0 saturated heterocycles. The van der Waals surface area contributed by atoms with Crippen molar-refractivity contribution >= 4 is 10.0 Å². The third-order valence-corrected chi connectivity index (χ3v) is 1.95. The van der Waals surface area contributed by atoms with Gasteiger partial charge < -0.3 is 0 Å². The van der Waals surface area contributed by atoms with Crippen LogP contribution in [-0.2, 0) is 18.9 Å². The summed E-state index contributed by atoms with van der Waals surface area (Å²) in [7, 11) is -1.09. The van der Waals surface area contributed by atoms with Crippen LogP contribution in [-0.4, -0.2) is 23.2 Å². The molecular formula is C8H20O4Si. The predicted molar refractivity (Wildman–Crippen MR) is 52.4 cm³/mol. The topological polar surface area (TPSA) is 36.9 Å². The van der Waals surface area contributed by atoms with Crippen molar-refractivity contribution < 1.29 is 18.9 Å². The Kier molecular flexibility index (Phi) is 12.1. The SMILES string of the molecule is CCCCOO[SiH2]OOCCCC. The van der Waals surface area contributed by atoms with Crippen LogP contribution in [0.4, 0.5) is 0 Å². The molecule has 5 heteroatoms. The van der Waals surface area contributed by atoms with Gasteiger partial charge in [0.2, 0.25) is 0 Å². The molecule has 0 saturated carbocycles. The van der Waals surface area contributed by atoms with E-state index in [2.05, 4.69) is 13.8 Å².